The van der Waals surface area contributed by atoms with Crippen LogP contribution in [0.4, 0.5) is 18.9 Å². The maximum absolute atomic E-state index is 12.6. The average Bonchev–Trinajstić information content (AvgIpc) is 3.24. The molecule has 11 heteroatoms. The summed E-state index contributed by atoms with van der Waals surface area (Å²) in [4.78, 5) is 22.4. The molecular weight excluding hydrogens is 391 g/mol. The van der Waals surface area contributed by atoms with Crippen molar-refractivity contribution < 1.29 is 27.8 Å². The first-order chi connectivity index (χ1) is 13.7. The summed E-state index contributed by atoms with van der Waals surface area (Å²) in [5, 5.41) is 13.6. The zero-order valence-electron chi connectivity index (χ0n) is 15.0. The lowest BCUT2D eigenvalue weighted by molar-refractivity contribution is -0.142. The molecule has 0 fully saturated rings. The van der Waals surface area contributed by atoms with Crippen LogP contribution in [-0.2, 0) is 13.1 Å². The van der Waals surface area contributed by atoms with Gasteiger partial charge in [0.2, 0.25) is 0 Å². The highest BCUT2D eigenvalue weighted by molar-refractivity contribution is 6.09. The SMILES string of the molecule is COc1ncc(-c2ccc3c(n2)CN(c2cnn(CC(F)(F)F)c2)C3=O)cc1O. The van der Waals surface area contributed by atoms with Crippen molar-refractivity contribution >= 4 is 11.6 Å². The van der Waals surface area contributed by atoms with Gasteiger partial charge in [-0.15, -0.1) is 0 Å². The number of rotatable bonds is 4. The van der Waals surface area contributed by atoms with Gasteiger partial charge in [0.1, 0.15) is 6.54 Å². The van der Waals surface area contributed by atoms with Crippen molar-refractivity contribution in [2.24, 2.45) is 0 Å². The first kappa shape index (κ1) is 18.7. The quantitative estimate of drug-likeness (QED) is 0.718. The predicted octanol–water partition coefficient (Wildman–Crippen LogP) is 2.78. The van der Waals surface area contributed by atoms with E-state index in [1.165, 1.54) is 36.7 Å². The fourth-order valence-electron chi connectivity index (χ4n) is 3.05. The van der Waals surface area contributed by atoms with Crippen molar-refractivity contribution in [2.75, 3.05) is 12.0 Å². The van der Waals surface area contributed by atoms with Crippen LogP contribution in [0.2, 0.25) is 0 Å². The fourth-order valence-corrected chi connectivity index (χ4v) is 3.05. The van der Waals surface area contributed by atoms with E-state index >= 15 is 0 Å². The first-order valence-corrected chi connectivity index (χ1v) is 8.39. The number of ether oxygens (including phenoxy) is 1. The lowest BCUT2D eigenvalue weighted by Crippen LogP contribution is -2.22. The summed E-state index contributed by atoms with van der Waals surface area (Å²) in [6.07, 6.45) is -0.551. The van der Waals surface area contributed by atoms with Gasteiger partial charge in [0.25, 0.3) is 11.8 Å². The van der Waals surface area contributed by atoms with Crippen LogP contribution in [0.1, 0.15) is 16.1 Å². The molecule has 0 aromatic carbocycles. The molecule has 0 unspecified atom stereocenters. The molecule has 4 rings (SSSR count). The molecule has 1 amide bonds. The van der Waals surface area contributed by atoms with E-state index in [1.54, 1.807) is 12.1 Å². The van der Waals surface area contributed by atoms with E-state index in [4.69, 9.17) is 4.74 Å². The summed E-state index contributed by atoms with van der Waals surface area (Å²) in [5.41, 5.74) is 2.07. The number of pyridine rings is 2. The number of hydrogen-bond donors (Lipinski definition) is 1. The predicted molar refractivity (Wildman–Crippen MR) is 94.5 cm³/mol. The number of anilines is 1. The average molecular weight is 405 g/mol. The summed E-state index contributed by atoms with van der Waals surface area (Å²) in [6, 6.07) is 4.63. The second-order valence-electron chi connectivity index (χ2n) is 6.35. The van der Waals surface area contributed by atoms with Crippen molar-refractivity contribution in [3.05, 3.63) is 48.0 Å². The molecule has 1 aliphatic rings. The molecule has 3 aromatic rings. The number of carbonyl (C=O) groups is 1. The zero-order valence-corrected chi connectivity index (χ0v) is 15.0. The second kappa shape index (κ2) is 6.76. The highest BCUT2D eigenvalue weighted by atomic mass is 19.4. The second-order valence-corrected chi connectivity index (χ2v) is 6.35. The van der Waals surface area contributed by atoms with Gasteiger partial charge in [-0.2, -0.15) is 18.3 Å². The zero-order chi connectivity index (χ0) is 20.8. The number of aromatic hydroxyl groups is 1. The topological polar surface area (TPSA) is 93.4 Å². The van der Waals surface area contributed by atoms with E-state index in [1.807, 2.05) is 0 Å². The first-order valence-electron chi connectivity index (χ1n) is 8.39. The molecule has 0 bridgehead atoms. The van der Waals surface area contributed by atoms with Gasteiger partial charge in [0.15, 0.2) is 5.75 Å². The van der Waals surface area contributed by atoms with Gasteiger partial charge in [-0.1, -0.05) is 0 Å². The molecule has 0 radical (unpaired) electrons. The Morgan fingerprint density at radius 3 is 2.76 bits per heavy atom. The van der Waals surface area contributed by atoms with Crippen LogP contribution >= 0.6 is 0 Å². The Hall–Kier alpha value is -3.63. The summed E-state index contributed by atoms with van der Waals surface area (Å²) >= 11 is 0. The van der Waals surface area contributed by atoms with Crippen LogP contribution in [0, 0.1) is 0 Å². The minimum Gasteiger partial charge on any atom is -0.503 e. The summed E-state index contributed by atoms with van der Waals surface area (Å²) < 4.78 is 43.2. The van der Waals surface area contributed by atoms with Crippen molar-refractivity contribution in [1.29, 1.82) is 0 Å². The number of hydrogen-bond acceptors (Lipinski definition) is 6. The Bertz CT molecular complexity index is 1100. The normalized spacial score (nSPS) is 13.7. The third-order valence-electron chi connectivity index (χ3n) is 4.35. The van der Waals surface area contributed by atoms with Gasteiger partial charge in [-0.25, -0.2) is 4.98 Å². The van der Waals surface area contributed by atoms with Crippen molar-refractivity contribution in [3.8, 4) is 22.9 Å². The molecule has 0 spiro atoms. The summed E-state index contributed by atoms with van der Waals surface area (Å²) in [5.74, 6) is -0.449. The molecule has 1 aliphatic heterocycles. The third-order valence-corrected chi connectivity index (χ3v) is 4.35. The number of fused-ring (bicyclic) bond motifs is 1. The fraction of sp³-hybridized carbons (Fsp3) is 0.222. The monoisotopic (exact) mass is 405 g/mol. The molecule has 0 saturated carbocycles. The Labute approximate surface area is 162 Å². The van der Waals surface area contributed by atoms with E-state index in [0.29, 0.717) is 22.5 Å². The van der Waals surface area contributed by atoms with Gasteiger partial charge in [-0.3, -0.25) is 19.4 Å². The van der Waals surface area contributed by atoms with Crippen LogP contribution in [0.3, 0.4) is 0 Å². The van der Waals surface area contributed by atoms with Gasteiger partial charge < -0.3 is 9.84 Å². The molecule has 8 nitrogen and oxygen atoms in total. The Morgan fingerprint density at radius 2 is 2.07 bits per heavy atom. The molecule has 1 N–H and O–H groups in total. The van der Waals surface area contributed by atoms with E-state index in [-0.39, 0.29) is 29.8 Å². The van der Waals surface area contributed by atoms with Crippen LogP contribution in [0.15, 0.2) is 36.8 Å². The smallest absolute Gasteiger partial charge is 0.408 e. The number of halogens is 3. The number of aromatic nitrogens is 4. The van der Waals surface area contributed by atoms with Gasteiger partial charge >= 0.3 is 6.18 Å². The molecule has 29 heavy (non-hydrogen) atoms. The lowest BCUT2D eigenvalue weighted by atomic mass is 10.1. The van der Waals surface area contributed by atoms with Gasteiger partial charge in [0, 0.05) is 18.0 Å². The molecule has 0 saturated heterocycles. The molecular formula is C18H14F3N5O3. The molecule has 4 heterocycles. The number of carbonyl (C=O) groups excluding carboxylic acids is 1. The number of alkyl halides is 3. The van der Waals surface area contributed by atoms with Crippen LogP contribution in [-0.4, -0.2) is 44.0 Å². The molecule has 150 valence electrons. The van der Waals surface area contributed by atoms with E-state index in [9.17, 15) is 23.1 Å². The van der Waals surface area contributed by atoms with Crippen molar-refractivity contribution in [3.63, 3.8) is 0 Å². The lowest BCUT2D eigenvalue weighted by Gasteiger charge is -2.12. The number of nitrogens with zero attached hydrogens (tertiary/aromatic N) is 5. The van der Waals surface area contributed by atoms with Crippen molar-refractivity contribution in [1.82, 2.24) is 19.7 Å². The standard InChI is InChI=1S/C18H14F3N5O3/c1-29-16-15(27)4-10(5-22-16)13-3-2-12-14(24-13)8-26(17(12)28)11-6-23-25(7-11)9-18(19,20)21/h2-7,27H,8-9H2,1H3. The Morgan fingerprint density at radius 1 is 1.28 bits per heavy atom. The largest absolute Gasteiger partial charge is 0.503 e. The maximum Gasteiger partial charge on any atom is 0.408 e. The minimum absolute atomic E-state index is 0.0760. The highest BCUT2D eigenvalue weighted by Gasteiger charge is 2.32. The number of methoxy groups -OCH3 is 1. The van der Waals surface area contributed by atoms with Crippen LogP contribution in [0.25, 0.3) is 11.3 Å². The minimum atomic E-state index is -4.41. The highest BCUT2D eigenvalue weighted by Crippen LogP contribution is 2.32. The molecule has 0 aliphatic carbocycles. The number of amides is 1. The molecule has 0 atom stereocenters. The maximum atomic E-state index is 12.6. The molecule has 3 aromatic heterocycles. The summed E-state index contributed by atoms with van der Waals surface area (Å²) in [7, 11) is 1.38. The van der Waals surface area contributed by atoms with Crippen LogP contribution < -0.4 is 9.64 Å². The van der Waals surface area contributed by atoms with E-state index < -0.39 is 12.7 Å². The summed E-state index contributed by atoms with van der Waals surface area (Å²) in [6.45, 7) is -1.15. The third kappa shape index (κ3) is 3.58. The van der Waals surface area contributed by atoms with Crippen LogP contribution in [0.5, 0.6) is 11.6 Å². The van der Waals surface area contributed by atoms with E-state index in [2.05, 4.69) is 15.1 Å². The Balaban J connectivity index is 1.60. The van der Waals surface area contributed by atoms with Gasteiger partial charge in [-0.05, 0) is 18.2 Å². The Kier molecular flexibility index (Phi) is 4.36. The van der Waals surface area contributed by atoms with Crippen molar-refractivity contribution in [2.45, 2.75) is 19.3 Å². The van der Waals surface area contributed by atoms with Gasteiger partial charge in [0.05, 0.1) is 42.5 Å². The van der Waals surface area contributed by atoms with E-state index in [0.717, 1.165) is 4.68 Å².